The Bertz CT molecular complexity index is 1440. The Kier molecular flexibility index (Phi) is 6.73. The molecule has 208 valence electrons. The van der Waals surface area contributed by atoms with E-state index in [1.165, 1.54) is 44.1 Å². The van der Waals surface area contributed by atoms with E-state index >= 15 is 0 Å². The van der Waals surface area contributed by atoms with Gasteiger partial charge in [0.25, 0.3) is 5.56 Å². The molecule has 1 saturated carbocycles. The third kappa shape index (κ3) is 4.95. The predicted octanol–water partition coefficient (Wildman–Crippen LogP) is 2.18. The first kappa shape index (κ1) is 28.1. The Labute approximate surface area is 222 Å². The van der Waals surface area contributed by atoms with Gasteiger partial charge in [0.15, 0.2) is 0 Å². The van der Waals surface area contributed by atoms with E-state index < -0.39 is 53.0 Å². The molecule has 0 radical (unpaired) electrons. The SMILES string of the molecule is CC(C)(C)[C@H](NC(=O)C(F)(F)F)C(=O)N1C[C@H]2[C@@H]([C@H]1C(=O)NC(C#N)c1c[nH]c(=O)c3cccnc13)C2(C)C. The zero-order chi connectivity index (χ0) is 29.1. The Morgan fingerprint density at radius 1 is 1.23 bits per heavy atom. The van der Waals surface area contributed by atoms with Crippen LogP contribution < -0.4 is 16.2 Å². The van der Waals surface area contributed by atoms with Crippen molar-refractivity contribution in [3.63, 3.8) is 0 Å². The zero-order valence-electron chi connectivity index (χ0n) is 22.0. The van der Waals surface area contributed by atoms with Gasteiger partial charge in [0.1, 0.15) is 18.1 Å². The summed E-state index contributed by atoms with van der Waals surface area (Å²) in [6.45, 7) is 8.52. The Morgan fingerprint density at radius 2 is 1.90 bits per heavy atom. The van der Waals surface area contributed by atoms with Crippen molar-refractivity contribution in [1.82, 2.24) is 25.5 Å². The smallest absolute Gasteiger partial charge is 0.336 e. The molecule has 3 heterocycles. The van der Waals surface area contributed by atoms with E-state index in [0.29, 0.717) is 0 Å². The van der Waals surface area contributed by atoms with Gasteiger partial charge in [-0.25, -0.2) is 0 Å². The van der Waals surface area contributed by atoms with Crippen LogP contribution in [0.5, 0.6) is 0 Å². The third-order valence-electron chi connectivity index (χ3n) is 7.82. The van der Waals surface area contributed by atoms with E-state index in [4.69, 9.17) is 0 Å². The Balaban J connectivity index is 1.65. The molecular formula is C26H29F3N6O4. The Hall–Kier alpha value is -3.95. The van der Waals surface area contributed by atoms with Crippen LogP contribution in [-0.2, 0) is 14.4 Å². The average molecular weight is 547 g/mol. The molecule has 10 nitrogen and oxygen atoms in total. The van der Waals surface area contributed by atoms with Crippen molar-refractivity contribution in [3.05, 3.63) is 40.4 Å². The van der Waals surface area contributed by atoms with Crippen LogP contribution in [0.15, 0.2) is 29.3 Å². The van der Waals surface area contributed by atoms with E-state index in [2.05, 4.69) is 15.3 Å². The number of aromatic nitrogens is 2. The van der Waals surface area contributed by atoms with Crippen molar-refractivity contribution in [2.24, 2.45) is 22.7 Å². The molecule has 1 aliphatic heterocycles. The van der Waals surface area contributed by atoms with Gasteiger partial charge in [0.2, 0.25) is 11.8 Å². The summed E-state index contributed by atoms with van der Waals surface area (Å²) in [4.78, 5) is 59.2. The van der Waals surface area contributed by atoms with Crippen molar-refractivity contribution < 1.29 is 27.6 Å². The molecule has 3 amide bonds. The molecule has 5 atom stereocenters. The average Bonchev–Trinajstić information content (AvgIpc) is 3.16. The fraction of sp³-hybridized carbons (Fsp3) is 0.538. The van der Waals surface area contributed by atoms with Crippen LogP contribution >= 0.6 is 0 Å². The molecule has 4 rings (SSSR count). The molecule has 39 heavy (non-hydrogen) atoms. The summed E-state index contributed by atoms with van der Waals surface area (Å²) in [5, 5.41) is 14.6. The normalized spacial score (nSPS) is 23.4. The maximum absolute atomic E-state index is 13.7. The number of piperidine rings is 1. The standard InChI is InChI=1S/C26H29F3N6O4/c1-24(2,3)19(34-23(39)26(27,28)29)22(38)35-11-14-16(25(14,4)5)18(35)21(37)33-15(9-30)13-10-32-20(36)12-7-6-8-31-17(12)13/h6-8,10,14-16,18-19H,11H2,1-5H3,(H,32,36)(H,33,37)(H,34,39)/t14-,15?,16-,18-,19+/m0/s1. The highest BCUT2D eigenvalue weighted by atomic mass is 19.4. The number of nitrogens with one attached hydrogen (secondary N) is 3. The molecule has 0 spiro atoms. The van der Waals surface area contributed by atoms with Gasteiger partial charge in [0, 0.05) is 24.5 Å². The van der Waals surface area contributed by atoms with Crippen molar-refractivity contribution in [2.45, 2.75) is 58.9 Å². The molecule has 2 aromatic heterocycles. The maximum atomic E-state index is 13.7. The van der Waals surface area contributed by atoms with Crippen LogP contribution in [0.1, 0.15) is 46.2 Å². The van der Waals surface area contributed by atoms with Gasteiger partial charge in [-0.05, 0) is 34.8 Å². The number of carbonyl (C=O) groups is 3. The highest BCUT2D eigenvalue weighted by Crippen LogP contribution is 2.65. The molecule has 3 N–H and O–H groups in total. The van der Waals surface area contributed by atoms with Crippen LogP contribution in [0.25, 0.3) is 10.9 Å². The van der Waals surface area contributed by atoms with Crippen LogP contribution in [0.4, 0.5) is 13.2 Å². The van der Waals surface area contributed by atoms with Gasteiger partial charge in [-0.15, -0.1) is 0 Å². The fourth-order valence-corrected chi connectivity index (χ4v) is 5.58. The van der Waals surface area contributed by atoms with Gasteiger partial charge < -0.3 is 20.5 Å². The first-order valence-corrected chi connectivity index (χ1v) is 12.3. The number of alkyl halides is 3. The zero-order valence-corrected chi connectivity index (χ0v) is 22.0. The molecule has 13 heteroatoms. The second-order valence-electron chi connectivity index (χ2n) is 11.7. The number of nitriles is 1. The summed E-state index contributed by atoms with van der Waals surface area (Å²) in [5.74, 6) is -4.12. The van der Waals surface area contributed by atoms with Gasteiger partial charge in [-0.1, -0.05) is 34.6 Å². The number of rotatable bonds is 5. The van der Waals surface area contributed by atoms with Crippen LogP contribution in [-0.4, -0.2) is 57.4 Å². The fourth-order valence-electron chi connectivity index (χ4n) is 5.58. The lowest BCUT2D eigenvalue weighted by molar-refractivity contribution is -0.176. The lowest BCUT2D eigenvalue weighted by Gasteiger charge is -2.37. The highest BCUT2D eigenvalue weighted by molar-refractivity contribution is 5.95. The summed E-state index contributed by atoms with van der Waals surface area (Å²) in [7, 11) is 0. The van der Waals surface area contributed by atoms with E-state index in [1.54, 1.807) is 11.4 Å². The van der Waals surface area contributed by atoms with Crippen molar-refractivity contribution >= 4 is 28.6 Å². The van der Waals surface area contributed by atoms with Crippen LogP contribution in [0.2, 0.25) is 0 Å². The summed E-state index contributed by atoms with van der Waals surface area (Å²) in [6.07, 6.45) is -2.46. The van der Waals surface area contributed by atoms with E-state index in [9.17, 15) is 37.6 Å². The number of hydrogen-bond acceptors (Lipinski definition) is 6. The summed E-state index contributed by atoms with van der Waals surface area (Å²) in [6, 6.07) is 1.19. The quantitative estimate of drug-likeness (QED) is 0.524. The first-order chi connectivity index (χ1) is 18.0. The highest BCUT2D eigenvalue weighted by Gasteiger charge is 2.70. The van der Waals surface area contributed by atoms with Gasteiger partial charge in [0.05, 0.1) is 17.0 Å². The van der Waals surface area contributed by atoms with Crippen LogP contribution in [0, 0.1) is 34.0 Å². The second kappa shape index (κ2) is 9.36. The predicted molar refractivity (Wildman–Crippen MR) is 133 cm³/mol. The first-order valence-electron chi connectivity index (χ1n) is 12.3. The summed E-state index contributed by atoms with van der Waals surface area (Å²) in [5.41, 5.74) is -1.38. The van der Waals surface area contributed by atoms with E-state index in [-0.39, 0.29) is 40.3 Å². The van der Waals surface area contributed by atoms with Gasteiger partial charge in [-0.2, -0.15) is 18.4 Å². The van der Waals surface area contributed by atoms with E-state index in [1.807, 2.05) is 19.9 Å². The summed E-state index contributed by atoms with van der Waals surface area (Å²) < 4.78 is 39.1. The largest absolute Gasteiger partial charge is 0.471 e. The number of carbonyl (C=O) groups excluding carboxylic acids is 3. The lowest BCUT2D eigenvalue weighted by atomic mass is 9.85. The number of hydrogen-bond donors (Lipinski definition) is 3. The van der Waals surface area contributed by atoms with Crippen molar-refractivity contribution in [2.75, 3.05) is 6.54 Å². The number of amides is 3. The number of H-pyrrole nitrogens is 1. The third-order valence-corrected chi connectivity index (χ3v) is 7.82. The Morgan fingerprint density at radius 3 is 2.49 bits per heavy atom. The molecule has 1 aliphatic carbocycles. The molecule has 2 aliphatic rings. The molecule has 2 fully saturated rings. The van der Waals surface area contributed by atoms with Gasteiger partial charge >= 0.3 is 12.1 Å². The number of fused-ring (bicyclic) bond motifs is 2. The lowest BCUT2D eigenvalue weighted by Crippen LogP contribution is -2.60. The topological polar surface area (TPSA) is 148 Å². The number of halogens is 3. The molecule has 0 aromatic carbocycles. The molecule has 0 bridgehead atoms. The number of pyridine rings is 2. The molecule has 2 aromatic rings. The van der Waals surface area contributed by atoms with Crippen LogP contribution in [0.3, 0.4) is 0 Å². The van der Waals surface area contributed by atoms with Crippen molar-refractivity contribution in [1.29, 1.82) is 5.26 Å². The number of nitrogens with zero attached hydrogens (tertiary/aromatic N) is 3. The monoisotopic (exact) mass is 546 g/mol. The van der Waals surface area contributed by atoms with Gasteiger partial charge in [-0.3, -0.25) is 24.2 Å². The van der Waals surface area contributed by atoms with Crippen molar-refractivity contribution in [3.8, 4) is 6.07 Å². The number of aromatic amines is 1. The number of likely N-dealkylation sites (tertiary alicyclic amines) is 1. The van der Waals surface area contributed by atoms with E-state index in [0.717, 1.165) is 0 Å². The molecular weight excluding hydrogens is 517 g/mol. The second-order valence-corrected chi connectivity index (χ2v) is 11.7. The minimum atomic E-state index is -5.19. The molecule has 1 unspecified atom stereocenters. The minimum Gasteiger partial charge on any atom is -0.336 e. The molecule has 1 saturated heterocycles. The maximum Gasteiger partial charge on any atom is 0.471 e. The summed E-state index contributed by atoms with van der Waals surface area (Å²) >= 11 is 0. The minimum absolute atomic E-state index is 0.0905.